The van der Waals surface area contributed by atoms with E-state index < -0.39 is 14.9 Å². The zero-order valence-corrected chi connectivity index (χ0v) is 16.7. The van der Waals surface area contributed by atoms with E-state index in [0.717, 1.165) is 24.5 Å². The third-order valence-corrected chi connectivity index (χ3v) is 6.61. The van der Waals surface area contributed by atoms with Gasteiger partial charge in [0.2, 0.25) is 10.0 Å². The van der Waals surface area contributed by atoms with E-state index in [4.69, 9.17) is 0 Å². The Kier molecular flexibility index (Phi) is 6.14. The quantitative estimate of drug-likeness (QED) is 0.404. The van der Waals surface area contributed by atoms with Gasteiger partial charge in [-0.05, 0) is 61.2 Å². The van der Waals surface area contributed by atoms with Crippen LogP contribution in [0.1, 0.15) is 31.7 Å². The van der Waals surface area contributed by atoms with Crippen molar-refractivity contribution < 1.29 is 18.4 Å². The Hall–Kier alpha value is -2.98. The SMILES string of the molecule is CC/C(=N\Nc1ccc(S(=O)(=O)N2CCCC2)cc1[N+](=O)[O-])c1ccc(O)cc1. The first-order valence-electron chi connectivity index (χ1n) is 9.23. The topological polar surface area (TPSA) is 125 Å². The van der Waals surface area contributed by atoms with Gasteiger partial charge in [0.25, 0.3) is 5.69 Å². The second kappa shape index (κ2) is 8.58. The largest absolute Gasteiger partial charge is 0.508 e. The number of nitrogens with zero attached hydrogens (tertiary/aromatic N) is 3. The molecule has 1 aliphatic heterocycles. The summed E-state index contributed by atoms with van der Waals surface area (Å²) in [6.45, 7) is 2.73. The van der Waals surface area contributed by atoms with Gasteiger partial charge in [0.1, 0.15) is 11.4 Å². The highest BCUT2D eigenvalue weighted by molar-refractivity contribution is 7.89. The molecule has 0 bridgehead atoms. The fourth-order valence-electron chi connectivity index (χ4n) is 3.12. The summed E-state index contributed by atoms with van der Waals surface area (Å²) < 4.78 is 26.7. The van der Waals surface area contributed by atoms with E-state index in [9.17, 15) is 23.6 Å². The Balaban J connectivity index is 1.91. The standard InChI is InChI=1S/C19H22N4O5S/c1-2-17(14-5-7-15(24)8-6-14)20-21-18-10-9-16(13-19(18)23(25)26)29(27,28)22-11-3-4-12-22/h5-10,13,21,24H,2-4,11-12H2,1H3/b20-17+. The van der Waals surface area contributed by atoms with Crippen LogP contribution in [0, 0.1) is 10.1 Å². The van der Waals surface area contributed by atoms with Crippen molar-refractivity contribution in [1.82, 2.24) is 4.31 Å². The van der Waals surface area contributed by atoms with E-state index in [1.54, 1.807) is 12.1 Å². The third kappa shape index (κ3) is 4.54. The molecule has 9 nitrogen and oxygen atoms in total. The van der Waals surface area contributed by atoms with Crippen molar-refractivity contribution in [3.05, 3.63) is 58.1 Å². The molecule has 2 aromatic rings. The molecule has 1 heterocycles. The van der Waals surface area contributed by atoms with Crippen molar-refractivity contribution in [3.8, 4) is 5.75 Å². The Morgan fingerprint density at radius 3 is 2.45 bits per heavy atom. The summed E-state index contributed by atoms with van der Waals surface area (Å²) >= 11 is 0. The van der Waals surface area contributed by atoms with Gasteiger partial charge >= 0.3 is 0 Å². The minimum atomic E-state index is -3.75. The van der Waals surface area contributed by atoms with E-state index in [2.05, 4.69) is 10.5 Å². The molecule has 1 saturated heterocycles. The number of rotatable bonds is 7. The Morgan fingerprint density at radius 1 is 1.21 bits per heavy atom. The fraction of sp³-hybridized carbons (Fsp3) is 0.316. The number of sulfonamides is 1. The molecular formula is C19H22N4O5S. The molecule has 0 radical (unpaired) electrons. The maximum atomic E-state index is 12.7. The Morgan fingerprint density at radius 2 is 1.86 bits per heavy atom. The number of hydrogen-bond acceptors (Lipinski definition) is 7. The fourth-order valence-corrected chi connectivity index (χ4v) is 4.66. The summed E-state index contributed by atoms with van der Waals surface area (Å²) in [5.74, 6) is 0.127. The summed E-state index contributed by atoms with van der Waals surface area (Å²) in [5.41, 5.74) is 3.80. The number of nitro benzene ring substituents is 1. The molecule has 1 fully saturated rings. The van der Waals surface area contributed by atoms with Crippen LogP contribution in [0.3, 0.4) is 0 Å². The van der Waals surface area contributed by atoms with E-state index >= 15 is 0 Å². The number of phenols is 1. The van der Waals surface area contributed by atoms with Crippen LogP contribution in [-0.4, -0.2) is 41.6 Å². The van der Waals surface area contributed by atoms with Gasteiger partial charge in [0.05, 0.1) is 15.5 Å². The molecule has 10 heteroatoms. The van der Waals surface area contributed by atoms with E-state index in [-0.39, 0.29) is 22.0 Å². The van der Waals surface area contributed by atoms with Crippen LogP contribution in [0.5, 0.6) is 5.75 Å². The predicted molar refractivity (Wildman–Crippen MR) is 110 cm³/mol. The van der Waals surface area contributed by atoms with Gasteiger partial charge in [0.15, 0.2) is 0 Å². The molecule has 1 aliphatic rings. The molecule has 154 valence electrons. The van der Waals surface area contributed by atoms with Crippen molar-refractivity contribution >= 4 is 27.1 Å². The molecule has 0 aliphatic carbocycles. The lowest BCUT2D eigenvalue weighted by atomic mass is 10.1. The third-order valence-electron chi connectivity index (χ3n) is 4.72. The number of nitrogens with one attached hydrogen (secondary N) is 1. The average Bonchev–Trinajstić information content (AvgIpc) is 3.25. The number of hydrogen-bond donors (Lipinski definition) is 2. The monoisotopic (exact) mass is 418 g/mol. The number of hydrazone groups is 1. The van der Waals surface area contributed by atoms with Crippen molar-refractivity contribution in [2.45, 2.75) is 31.1 Å². The van der Waals surface area contributed by atoms with Crippen LogP contribution < -0.4 is 5.43 Å². The molecule has 0 atom stereocenters. The molecule has 0 amide bonds. The summed E-state index contributed by atoms with van der Waals surface area (Å²) in [6.07, 6.45) is 2.12. The number of benzene rings is 2. The Labute approximate surface area is 168 Å². The van der Waals surface area contributed by atoms with E-state index in [1.807, 2.05) is 6.92 Å². The highest BCUT2D eigenvalue weighted by Gasteiger charge is 2.29. The smallest absolute Gasteiger partial charge is 0.295 e. The predicted octanol–water partition coefficient (Wildman–Crippen LogP) is 3.31. The number of aromatic hydroxyl groups is 1. The minimum absolute atomic E-state index is 0.0973. The summed E-state index contributed by atoms with van der Waals surface area (Å²) in [5, 5.41) is 25.2. The lowest BCUT2D eigenvalue weighted by Crippen LogP contribution is -2.27. The first kappa shape index (κ1) is 20.7. The normalized spacial score (nSPS) is 15.4. The first-order valence-corrected chi connectivity index (χ1v) is 10.7. The molecule has 29 heavy (non-hydrogen) atoms. The highest BCUT2D eigenvalue weighted by atomic mass is 32.2. The highest BCUT2D eigenvalue weighted by Crippen LogP contribution is 2.30. The van der Waals surface area contributed by atoms with Crippen LogP contribution >= 0.6 is 0 Å². The summed E-state index contributed by atoms with van der Waals surface area (Å²) in [4.78, 5) is 10.8. The molecule has 0 unspecified atom stereocenters. The molecule has 2 aromatic carbocycles. The van der Waals surface area contributed by atoms with Gasteiger partial charge in [-0.3, -0.25) is 15.5 Å². The van der Waals surface area contributed by atoms with Crippen molar-refractivity contribution in [3.63, 3.8) is 0 Å². The van der Waals surface area contributed by atoms with E-state index in [1.165, 1.54) is 28.6 Å². The lowest BCUT2D eigenvalue weighted by molar-refractivity contribution is -0.384. The Bertz CT molecular complexity index is 1030. The maximum Gasteiger partial charge on any atom is 0.295 e. The number of anilines is 1. The van der Waals surface area contributed by atoms with Gasteiger partial charge in [-0.15, -0.1) is 0 Å². The van der Waals surface area contributed by atoms with Crippen LogP contribution in [0.2, 0.25) is 0 Å². The second-order valence-electron chi connectivity index (χ2n) is 6.62. The molecule has 2 N–H and O–H groups in total. The van der Waals surface area contributed by atoms with Crippen LogP contribution in [0.4, 0.5) is 11.4 Å². The van der Waals surface area contributed by atoms with Gasteiger partial charge in [-0.2, -0.15) is 9.41 Å². The second-order valence-corrected chi connectivity index (χ2v) is 8.56. The van der Waals surface area contributed by atoms with E-state index in [0.29, 0.717) is 25.2 Å². The maximum absolute atomic E-state index is 12.7. The summed E-state index contributed by atoms with van der Waals surface area (Å²) in [6, 6.07) is 10.2. The summed E-state index contributed by atoms with van der Waals surface area (Å²) in [7, 11) is -3.75. The molecule has 3 rings (SSSR count). The van der Waals surface area contributed by atoms with Crippen molar-refractivity contribution in [1.29, 1.82) is 0 Å². The van der Waals surface area contributed by atoms with Gasteiger partial charge in [-0.25, -0.2) is 8.42 Å². The molecule has 0 saturated carbocycles. The molecule has 0 aromatic heterocycles. The average molecular weight is 418 g/mol. The van der Waals surface area contributed by atoms with Crippen molar-refractivity contribution in [2.24, 2.45) is 5.10 Å². The zero-order chi connectivity index (χ0) is 21.0. The molecule has 0 spiro atoms. The number of phenolic OH excluding ortho intramolecular Hbond substituents is 1. The molecular weight excluding hydrogens is 396 g/mol. The van der Waals surface area contributed by atoms with Crippen LogP contribution in [-0.2, 0) is 10.0 Å². The van der Waals surface area contributed by atoms with Crippen molar-refractivity contribution in [2.75, 3.05) is 18.5 Å². The van der Waals surface area contributed by atoms with Crippen LogP contribution in [0.15, 0.2) is 52.5 Å². The zero-order valence-electron chi connectivity index (χ0n) is 15.9. The van der Waals surface area contributed by atoms with Crippen LogP contribution in [0.25, 0.3) is 0 Å². The van der Waals surface area contributed by atoms with Gasteiger partial charge < -0.3 is 5.11 Å². The minimum Gasteiger partial charge on any atom is -0.508 e. The van der Waals surface area contributed by atoms with Gasteiger partial charge in [0, 0.05) is 19.2 Å². The van der Waals surface area contributed by atoms with Gasteiger partial charge in [-0.1, -0.05) is 6.92 Å². The number of nitro groups is 1. The lowest BCUT2D eigenvalue weighted by Gasteiger charge is -2.15. The first-order chi connectivity index (χ1) is 13.8.